The molecule has 0 saturated heterocycles. The van der Waals surface area contributed by atoms with Crippen LogP contribution in [0.1, 0.15) is 11.6 Å². The molecule has 19 heavy (non-hydrogen) atoms. The van der Waals surface area contributed by atoms with Gasteiger partial charge in [-0.2, -0.15) is 15.0 Å². The number of hydrogen-bond donors (Lipinski definition) is 1. The second-order valence-corrected chi connectivity index (χ2v) is 5.55. The van der Waals surface area contributed by atoms with Crippen LogP contribution in [-0.2, 0) is 16.6 Å². The Hall–Kier alpha value is -1.96. The number of furan rings is 1. The molecular formula is C11H15N5O2S. The molecule has 0 fully saturated rings. The fraction of sp³-hybridized carbons (Fsp3) is 0.364. The van der Waals surface area contributed by atoms with Crippen molar-refractivity contribution in [1.29, 1.82) is 0 Å². The van der Waals surface area contributed by atoms with Gasteiger partial charge in [0.25, 0.3) is 0 Å². The Morgan fingerprint density at radius 3 is 2.68 bits per heavy atom. The van der Waals surface area contributed by atoms with E-state index in [0.29, 0.717) is 22.4 Å². The molecule has 0 aromatic carbocycles. The molecule has 0 aliphatic rings. The van der Waals surface area contributed by atoms with Gasteiger partial charge in [0.1, 0.15) is 11.6 Å². The second-order valence-electron chi connectivity index (χ2n) is 4.14. The molecule has 0 aliphatic heterocycles. The van der Waals surface area contributed by atoms with Crippen LogP contribution in [0.25, 0.3) is 0 Å². The minimum atomic E-state index is -1.27. The van der Waals surface area contributed by atoms with E-state index in [4.69, 9.17) is 10.2 Å². The van der Waals surface area contributed by atoms with E-state index < -0.39 is 10.8 Å². The van der Waals surface area contributed by atoms with E-state index in [1.807, 2.05) is 0 Å². The maximum Gasteiger partial charge on any atom is 0.229 e. The fourth-order valence-electron chi connectivity index (χ4n) is 1.49. The monoisotopic (exact) mass is 281 g/mol. The Balaban J connectivity index is 2.24. The first-order chi connectivity index (χ1) is 8.97. The summed E-state index contributed by atoms with van der Waals surface area (Å²) in [5.74, 6) is 1.77. The molecule has 0 spiro atoms. The summed E-state index contributed by atoms with van der Waals surface area (Å²) in [6.07, 6.45) is 1.51. The molecule has 2 rings (SSSR count). The van der Waals surface area contributed by atoms with E-state index in [2.05, 4.69) is 15.0 Å². The quantitative estimate of drug-likeness (QED) is 0.882. The summed E-state index contributed by atoms with van der Waals surface area (Å²) < 4.78 is 17.3. The lowest BCUT2D eigenvalue weighted by atomic mass is 10.5. The van der Waals surface area contributed by atoms with Crippen LogP contribution >= 0.6 is 0 Å². The summed E-state index contributed by atoms with van der Waals surface area (Å²) in [4.78, 5) is 14.6. The van der Waals surface area contributed by atoms with Gasteiger partial charge in [-0.05, 0) is 13.0 Å². The number of hydrogen-bond acceptors (Lipinski definition) is 7. The Bertz CT molecular complexity index is 611. The van der Waals surface area contributed by atoms with Crippen molar-refractivity contribution in [2.45, 2.75) is 17.6 Å². The largest absolute Gasteiger partial charge is 0.468 e. The summed E-state index contributed by atoms with van der Waals surface area (Å²) >= 11 is 0. The highest BCUT2D eigenvalue weighted by Crippen LogP contribution is 2.17. The van der Waals surface area contributed by atoms with E-state index in [9.17, 15) is 4.21 Å². The van der Waals surface area contributed by atoms with Gasteiger partial charge in [0, 0.05) is 14.1 Å². The van der Waals surface area contributed by atoms with Crippen LogP contribution in [0.4, 0.5) is 11.9 Å². The summed E-state index contributed by atoms with van der Waals surface area (Å²) in [6, 6.07) is 1.68. The normalized spacial score (nSPS) is 12.4. The van der Waals surface area contributed by atoms with Crippen molar-refractivity contribution in [2.75, 3.05) is 24.7 Å². The number of nitrogens with zero attached hydrogens (tertiary/aromatic N) is 4. The van der Waals surface area contributed by atoms with Crippen molar-refractivity contribution in [3.63, 3.8) is 0 Å². The van der Waals surface area contributed by atoms with Crippen LogP contribution in [0, 0.1) is 6.92 Å². The van der Waals surface area contributed by atoms with Gasteiger partial charge in [0.2, 0.25) is 11.9 Å². The molecule has 8 heteroatoms. The first kappa shape index (κ1) is 13.5. The van der Waals surface area contributed by atoms with Crippen molar-refractivity contribution in [1.82, 2.24) is 15.0 Å². The molecular weight excluding hydrogens is 266 g/mol. The van der Waals surface area contributed by atoms with E-state index in [0.717, 1.165) is 0 Å². The van der Waals surface area contributed by atoms with Gasteiger partial charge in [-0.1, -0.05) is 0 Å². The lowest BCUT2D eigenvalue weighted by Crippen LogP contribution is -2.16. The summed E-state index contributed by atoms with van der Waals surface area (Å²) in [5, 5.41) is 0. The maximum absolute atomic E-state index is 12.2. The Morgan fingerprint density at radius 2 is 2.11 bits per heavy atom. The Labute approximate surface area is 113 Å². The van der Waals surface area contributed by atoms with E-state index in [1.54, 1.807) is 32.0 Å². The van der Waals surface area contributed by atoms with Gasteiger partial charge in [-0.15, -0.1) is 0 Å². The summed E-state index contributed by atoms with van der Waals surface area (Å²) in [6.45, 7) is 1.76. The van der Waals surface area contributed by atoms with Gasteiger partial charge >= 0.3 is 0 Å². The molecule has 2 N–H and O–H groups in total. The minimum absolute atomic E-state index is 0.120. The zero-order chi connectivity index (χ0) is 14.0. The Kier molecular flexibility index (Phi) is 3.79. The van der Waals surface area contributed by atoms with Crippen LogP contribution in [0.15, 0.2) is 21.6 Å². The van der Waals surface area contributed by atoms with Crippen LogP contribution in [0.2, 0.25) is 0 Å². The topological polar surface area (TPSA) is 98.1 Å². The average molecular weight is 281 g/mol. The van der Waals surface area contributed by atoms with Crippen LogP contribution in [0.3, 0.4) is 0 Å². The molecule has 0 aliphatic carbocycles. The van der Waals surface area contributed by atoms with E-state index in [1.165, 1.54) is 6.26 Å². The molecule has 102 valence electrons. The van der Waals surface area contributed by atoms with E-state index in [-0.39, 0.29) is 11.7 Å². The molecule has 0 radical (unpaired) electrons. The highest BCUT2D eigenvalue weighted by molar-refractivity contribution is 7.84. The lowest BCUT2D eigenvalue weighted by Gasteiger charge is -2.11. The van der Waals surface area contributed by atoms with Crippen molar-refractivity contribution in [3.8, 4) is 0 Å². The van der Waals surface area contributed by atoms with Gasteiger partial charge in [0.05, 0.1) is 27.7 Å². The van der Waals surface area contributed by atoms with Gasteiger partial charge in [0.15, 0.2) is 0 Å². The minimum Gasteiger partial charge on any atom is -0.468 e. The number of nitrogens with two attached hydrogens (primary N) is 1. The van der Waals surface area contributed by atoms with Gasteiger partial charge in [-0.25, -0.2) is 0 Å². The molecule has 7 nitrogen and oxygen atoms in total. The molecule has 2 aromatic heterocycles. The third-order valence-electron chi connectivity index (χ3n) is 2.40. The highest BCUT2D eigenvalue weighted by atomic mass is 32.2. The second kappa shape index (κ2) is 5.35. The predicted molar refractivity (Wildman–Crippen MR) is 72.1 cm³/mol. The maximum atomic E-state index is 12.2. The molecule has 0 saturated carbocycles. The van der Waals surface area contributed by atoms with Crippen molar-refractivity contribution in [3.05, 3.63) is 23.9 Å². The summed E-state index contributed by atoms with van der Waals surface area (Å²) in [5.41, 5.74) is 5.62. The molecule has 0 bridgehead atoms. The van der Waals surface area contributed by atoms with Crippen molar-refractivity contribution >= 4 is 22.7 Å². The first-order valence-electron chi connectivity index (χ1n) is 5.57. The smallest absolute Gasteiger partial charge is 0.229 e. The SMILES string of the molecule is Cc1occc1[S@](=O)Cc1nc(N)nc(N(C)C)n1. The third kappa shape index (κ3) is 3.08. The van der Waals surface area contributed by atoms with Gasteiger partial charge < -0.3 is 15.1 Å². The summed E-state index contributed by atoms with van der Waals surface area (Å²) in [7, 11) is 2.34. The number of nitrogen functional groups attached to an aromatic ring is 1. The predicted octanol–water partition coefficient (Wildman–Crippen LogP) is 0.729. The van der Waals surface area contributed by atoms with Crippen LogP contribution in [0.5, 0.6) is 0 Å². The number of aromatic nitrogens is 3. The molecule has 0 unspecified atom stereocenters. The van der Waals surface area contributed by atoms with Crippen molar-refractivity contribution < 1.29 is 8.63 Å². The molecule has 2 aromatic rings. The third-order valence-corrected chi connectivity index (χ3v) is 3.84. The number of rotatable bonds is 4. The zero-order valence-corrected chi connectivity index (χ0v) is 11.8. The molecule has 2 heterocycles. The van der Waals surface area contributed by atoms with Crippen molar-refractivity contribution in [2.24, 2.45) is 0 Å². The molecule has 1 atom stereocenters. The number of anilines is 2. The van der Waals surface area contributed by atoms with E-state index >= 15 is 0 Å². The first-order valence-corrected chi connectivity index (χ1v) is 6.89. The molecule has 0 amide bonds. The fourth-order valence-corrected chi connectivity index (χ4v) is 2.59. The van der Waals surface area contributed by atoms with Gasteiger partial charge in [-0.3, -0.25) is 4.21 Å². The highest BCUT2D eigenvalue weighted by Gasteiger charge is 2.14. The average Bonchev–Trinajstić information content (AvgIpc) is 2.74. The van der Waals surface area contributed by atoms with Crippen LogP contribution in [-0.4, -0.2) is 33.3 Å². The number of aryl methyl sites for hydroxylation is 1. The lowest BCUT2D eigenvalue weighted by molar-refractivity contribution is 0.525. The zero-order valence-electron chi connectivity index (χ0n) is 11.0. The standard InChI is InChI=1S/C11H15N5O2S/c1-7-8(4-5-18-7)19(17)6-9-13-10(12)15-11(14-9)16(2)3/h4-5H,6H2,1-3H3,(H2,12,13,14,15)/t19-/m1/s1. The Morgan fingerprint density at radius 1 is 1.37 bits per heavy atom. The van der Waals surface area contributed by atoms with Crippen LogP contribution < -0.4 is 10.6 Å².